The van der Waals surface area contributed by atoms with Crippen molar-refractivity contribution in [1.82, 2.24) is 14.9 Å². The highest BCUT2D eigenvalue weighted by Crippen LogP contribution is 2.29. The normalized spacial score (nSPS) is 11.1. The van der Waals surface area contributed by atoms with Crippen LogP contribution < -0.4 is 14.4 Å². The van der Waals surface area contributed by atoms with Crippen LogP contribution in [0.4, 0.5) is 11.4 Å². The van der Waals surface area contributed by atoms with E-state index in [1.807, 2.05) is 35.0 Å². The summed E-state index contributed by atoms with van der Waals surface area (Å²) in [5.74, 6) is -0.0506. The maximum atomic E-state index is 13.6. The number of hydrogen-bond acceptors (Lipinski definition) is 7. The second-order valence-corrected chi connectivity index (χ2v) is 10.2. The van der Waals surface area contributed by atoms with Gasteiger partial charge in [0.15, 0.2) is 0 Å². The number of carbonyl (C=O) groups excluding carboxylic acids is 1. The van der Waals surface area contributed by atoms with Gasteiger partial charge in [-0.25, -0.2) is 13.4 Å². The first-order valence-corrected chi connectivity index (χ1v) is 12.9. The van der Waals surface area contributed by atoms with Crippen molar-refractivity contribution in [2.45, 2.75) is 18.4 Å². The summed E-state index contributed by atoms with van der Waals surface area (Å²) in [4.78, 5) is 27.4. The van der Waals surface area contributed by atoms with Crippen molar-refractivity contribution in [3.05, 3.63) is 107 Å². The van der Waals surface area contributed by atoms with Crippen LogP contribution in [0.1, 0.15) is 11.1 Å². The number of amides is 1. The standard InChI is InChI=1S/C26H25N5O6S/c1-19-3-12-24(15-25(19)31(33)34)38(35,36)30(22-8-10-23(37-2)11-9-22)17-26(32)28-16-20-4-6-21(7-5-20)29-14-13-27-18-29/h3-15,18H,16-17H2,1-2H3,(H,28,32). The number of benzene rings is 3. The fraction of sp³-hybridized carbons (Fsp3) is 0.154. The molecule has 1 aromatic heterocycles. The van der Waals surface area contributed by atoms with Crippen molar-refractivity contribution in [2.75, 3.05) is 18.0 Å². The third kappa shape index (κ3) is 5.81. The highest BCUT2D eigenvalue weighted by atomic mass is 32.2. The Balaban J connectivity index is 1.56. The van der Waals surface area contributed by atoms with Crippen molar-refractivity contribution < 1.29 is 22.9 Å². The van der Waals surface area contributed by atoms with Crippen LogP contribution in [0.3, 0.4) is 0 Å². The molecule has 12 heteroatoms. The Hall–Kier alpha value is -4.71. The van der Waals surface area contributed by atoms with E-state index in [1.165, 1.54) is 38.3 Å². The molecule has 0 radical (unpaired) electrons. The number of imidazole rings is 1. The molecule has 1 heterocycles. The van der Waals surface area contributed by atoms with Crippen molar-refractivity contribution in [1.29, 1.82) is 0 Å². The minimum absolute atomic E-state index is 0.176. The molecule has 0 bridgehead atoms. The van der Waals surface area contributed by atoms with E-state index in [4.69, 9.17) is 4.74 Å². The van der Waals surface area contributed by atoms with Gasteiger partial charge >= 0.3 is 0 Å². The number of anilines is 1. The summed E-state index contributed by atoms with van der Waals surface area (Å²) in [6.45, 7) is 1.16. The summed E-state index contributed by atoms with van der Waals surface area (Å²) in [7, 11) is -2.86. The van der Waals surface area contributed by atoms with Crippen molar-refractivity contribution in [2.24, 2.45) is 0 Å². The van der Waals surface area contributed by atoms with E-state index >= 15 is 0 Å². The molecule has 1 amide bonds. The topological polar surface area (TPSA) is 137 Å². The summed E-state index contributed by atoms with van der Waals surface area (Å²) in [6.07, 6.45) is 5.16. The molecule has 0 unspecified atom stereocenters. The molecule has 1 N–H and O–H groups in total. The highest BCUT2D eigenvalue weighted by molar-refractivity contribution is 7.92. The lowest BCUT2D eigenvalue weighted by molar-refractivity contribution is -0.385. The van der Waals surface area contributed by atoms with E-state index < -0.39 is 27.4 Å². The number of hydrogen-bond donors (Lipinski definition) is 1. The van der Waals surface area contributed by atoms with Gasteiger partial charge in [-0.2, -0.15) is 0 Å². The number of aromatic nitrogens is 2. The molecule has 0 aliphatic carbocycles. The number of nitro groups is 1. The molecule has 0 atom stereocenters. The number of carbonyl (C=O) groups is 1. The van der Waals surface area contributed by atoms with E-state index in [1.54, 1.807) is 24.7 Å². The summed E-state index contributed by atoms with van der Waals surface area (Å²) in [5.41, 5.74) is 1.91. The molecule has 0 saturated carbocycles. The molecule has 0 fully saturated rings. The number of methoxy groups -OCH3 is 1. The van der Waals surface area contributed by atoms with Crippen molar-refractivity contribution in [3.8, 4) is 11.4 Å². The van der Waals surface area contributed by atoms with Gasteiger partial charge < -0.3 is 14.6 Å². The average molecular weight is 536 g/mol. The molecule has 196 valence electrons. The predicted molar refractivity (Wildman–Crippen MR) is 141 cm³/mol. The van der Waals surface area contributed by atoms with Crippen LogP contribution in [0.2, 0.25) is 0 Å². The lowest BCUT2D eigenvalue weighted by atomic mass is 10.2. The number of nitro benzene ring substituents is 1. The number of aryl methyl sites for hydroxylation is 1. The van der Waals surface area contributed by atoms with Gasteiger partial charge in [-0.1, -0.05) is 18.2 Å². The van der Waals surface area contributed by atoms with Gasteiger partial charge in [0.05, 0.1) is 28.9 Å². The van der Waals surface area contributed by atoms with Crippen molar-refractivity contribution >= 4 is 27.3 Å². The fourth-order valence-electron chi connectivity index (χ4n) is 3.72. The molecule has 4 aromatic rings. The van der Waals surface area contributed by atoms with Gasteiger partial charge in [0.1, 0.15) is 12.3 Å². The maximum Gasteiger partial charge on any atom is 0.273 e. The van der Waals surface area contributed by atoms with Crippen LogP contribution >= 0.6 is 0 Å². The Labute approximate surface area is 219 Å². The fourth-order valence-corrected chi connectivity index (χ4v) is 5.16. The van der Waals surface area contributed by atoms with Crippen LogP contribution in [0, 0.1) is 17.0 Å². The van der Waals surface area contributed by atoms with E-state index in [9.17, 15) is 23.3 Å². The van der Waals surface area contributed by atoms with Gasteiger partial charge in [-0.15, -0.1) is 0 Å². The monoisotopic (exact) mass is 535 g/mol. The maximum absolute atomic E-state index is 13.6. The molecule has 11 nitrogen and oxygen atoms in total. The van der Waals surface area contributed by atoms with Gasteiger partial charge in [-0.05, 0) is 55.0 Å². The largest absolute Gasteiger partial charge is 0.497 e. The zero-order valence-electron chi connectivity index (χ0n) is 20.6. The third-order valence-corrected chi connectivity index (χ3v) is 7.61. The Morgan fingerprint density at radius 1 is 1.11 bits per heavy atom. The molecular weight excluding hydrogens is 510 g/mol. The molecule has 3 aromatic carbocycles. The number of sulfonamides is 1. The second-order valence-electron chi connectivity index (χ2n) is 8.33. The average Bonchev–Trinajstić information content (AvgIpc) is 3.46. The quantitative estimate of drug-likeness (QED) is 0.242. The van der Waals surface area contributed by atoms with Gasteiger partial charge in [-0.3, -0.25) is 19.2 Å². The predicted octanol–water partition coefficient (Wildman–Crippen LogP) is 3.61. The first-order valence-electron chi connectivity index (χ1n) is 11.4. The molecule has 4 rings (SSSR count). The molecule has 0 aliphatic rings. The Morgan fingerprint density at radius 2 is 1.82 bits per heavy atom. The van der Waals surface area contributed by atoms with E-state index in [0.717, 1.165) is 21.6 Å². The second kappa shape index (κ2) is 11.1. The van der Waals surface area contributed by atoms with Crippen LogP contribution in [0.25, 0.3) is 5.69 Å². The van der Waals surface area contributed by atoms with Crippen LogP contribution in [-0.4, -0.2) is 42.5 Å². The lowest BCUT2D eigenvalue weighted by Gasteiger charge is -2.24. The number of ether oxygens (including phenoxy) is 1. The minimum atomic E-state index is -4.34. The zero-order valence-corrected chi connectivity index (χ0v) is 21.5. The Morgan fingerprint density at radius 3 is 2.42 bits per heavy atom. The van der Waals surface area contributed by atoms with Crippen molar-refractivity contribution in [3.63, 3.8) is 0 Å². The van der Waals surface area contributed by atoms with Crippen LogP contribution in [0.5, 0.6) is 5.75 Å². The van der Waals surface area contributed by atoms with Gasteiger partial charge in [0, 0.05) is 36.3 Å². The lowest BCUT2D eigenvalue weighted by Crippen LogP contribution is -2.40. The van der Waals surface area contributed by atoms with Crippen LogP contribution in [-0.2, 0) is 21.4 Å². The zero-order chi connectivity index (χ0) is 27.3. The first-order chi connectivity index (χ1) is 18.2. The smallest absolute Gasteiger partial charge is 0.273 e. The molecule has 38 heavy (non-hydrogen) atoms. The molecular formula is C26H25N5O6S. The third-order valence-electron chi connectivity index (χ3n) is 5.84. The number of rotatable bonds is 10. The summed E-state index contributed by atoms with van der Waals surface area (Å²) >= 11 is 0. The van der Waals surface area contributed by atoms with E-state index in [2.05, 4.69) is 10.3 Å². The summed E-state index contributed by atoms with van der Waals surface area (Å²) < 4.78 is 35.1. The SMILES string of the molecule is COc1ccc(N(CC(=O)NCc2ccc(-n3ccnc3)cc2)S(=O)(=O)c2ccc(C)c([N+](=O)[O-])c2)cc1. The molecule has 0 spiro atoms. The highest BCUT2D eigenvalue weighted by Gasteiger charge is 2.29. The summed E-state index contributed by atoms with van der Waals surface area (Å²) in [6, 6.07) is 17.2. The molecule has 0 aliphatic heterocycles. The Bertz CT molecular complexity index is 1540. The van der Waals surface area contributed by atoms with E-state index in [0.29, 0.717) is 11.3 Å². The number of nitrogens with zero attached hydrogens (tertiary/aromatic N) is 4. The Kier molecular flexibility index (Phi) is 7.72. The number of nitrogens with one attached hydrogen (secondary N) is 1. The molecule has 0 saturated heterocycles. The summed E-state index contributed by atoms with van der Waals surface area (Å²) in [5, 5.41) is 14.2. The van der Waals surface area contributed by atoms with Gasteiger partial charge in [0.25, 0.3) is 15.7 Å². The van der Waals surface area contributed by atoms with Crippen LogP contribution in [0.15, 0.2) is 90.3 Å². The van der Waals surface area contributed by atoms with E-state index in [-0.39, 0.29) is 22.8 Å². The minimum Gasteiger partial charge on any atom is -0.497 e. The van der Waals surface area contributed by atoms with Gasteiger partial charge in [0.2, 0.25) is 5.91 Å². The first kappa shape index (κ1) is 26.4.